The predicted molar refractivity (Wildman–Crippen MR) is 56.4 cm³/mol. The minimum Gasteiger partial charge on any atom is -0.383 e. The largest absolute Gasteiger partial charge is 0.383 e. The topological polar surface area (TPSA) is 110 Å². The maximum absolute atomic E-state index is 11.9. The molecule has 8 heteroatoms. The van der Waals surface area contributed by atoms with Gasteiger partial charge in [0, 0.05) is 6.54 Å². The number of hydrogen-bond acceptors (Lipinski definition) is 5. The molecule has 88 valence electrons. The first kappa shape index (κ1) is 12.1. The van der Waals surface area contributed by atoms with Gasteiger partial charge in [-0.1, -0.05) is 0 Å². The Hall–Kier alpha value is -1.99. The number of hydrogen-bond donors (Lipinski definition) is 2. The zero-order chi connectivity index (χ0) is 12.1. The maximum Gasteiger partial charge on any atom is 0.330 e. The van der Waals surface area contributed by atoms with E-state index < -0.39 is 23.6 Å². The van der Waals surface area contributed by atoms with Crippen molar-refractivity contribution < 1.29 is 4.39 Å². The van der Waals surface area contributed by atoms with E-state index in [1.165, 1.54) is 0 Å². The Labute approximate surface area is 89.1 Å². The fourth-order valence-corrected chi connectivity index (χ4v) is 1.25. The lowest BCUT2D eigenvalue weighted by molar-refractivity contribution is 0.445. The molecular formula is C8H11FN4O3. The number of aromatic nitrogens is 2. The third-order valence-electron chi connectivity index (χ3n) is 2.07. The van der Waals surface area contributed by atoms with E-state index in [2.05, 4.69) is 5.18 Å². The molecule has 16 heavy (non-hydrogen) atoms. The van der Waals surface area contributed by atoms with E-state index in [9.17, 15) is 18.9 Å². The smallest absolute Gasteiger partial charge is 0.330 e. The molecule has 3 N–H and O–H groups in total. The number of aromatic amines is 1. The first-order valence-electron chi connectivity index (χ1n) is 4.63. The van der Waals surface area contributed by atoms with Gasteiger partial charge in [0.2, 0.25) is 5.69 Å². The van der Waals surface area contributed by atoms with Crippen molar-refractivity contribution in [1.29, 1.82) is 0 Å². The average Bonchev–Trinajstić information content (AvgIpc) is 2.23. The van der Waals surface area contributed by atoms with E-state index in [0.29, 0.717) is 6.42 Å². The molecule has 0 radical (unpaired) electrons. The minimum atomic E-state index is -0.917. The van der Waals surface area contributed by atoms with Crippen LogP contribution in [0.15, 0.2) is 14.8 Å². The highest BCUT2D eigenvalue weighted by molar-refractivity contribution is 5.55. The van der Waals surface area contributed by atoms with E-state index in [0.717, 1.165) is 4.57 Å². The third-order valence-corrected chi connectivity index (χ3v) is 2.07. The summed E-state index contributed by atoms with van der Waals surface area (Å²) in [5, 5.41) is 2.45. The predicted octanol–water partition coefficient (Wildman–Crippen LogP) is 0.266. The molecule has 0 aliphatic heterocycles. The number of alkyl halides is 1. The van der Waals surface area contributed by atoms with Gasteiger partial charge in [0.1, 0.15) is 5.82 Å². The summed E-state index contributed by atoms with van der Waals surface area (Å²) in [4.78, 5) is 34.6. The molecule has 0 amide bonds. The zero-order valence-electron chi connectivity index (χ0n) is 8.40. The number of H-pyrrole nitrogens is 1. The molecule has 1 heterocycles. The number of nitrogens with zero attached hydrogens (tertiary/aromatic N) is 2. The second-order valence-electron chi connectivity index (χ2n) is 3.13. The second-order valence-corrected chi connectivity index (χ2v) is 3.13. The quantitative estimate of drug-likeness (QED) is 0.558. The van der Waals surface area contributed by atoms with E-state index in [-0.39, 0.29) is 18.8 Å². The van der Waals surface area contributed by atoms with Gasteiger partial charge in [-0.05, 0) is 18.0 Å². The van der Waals surface area contributed by atoms with Crippen molar-refractivity contribution in [2.45, 2.75) is 19.4 Å². The average molecular weight is 230 g/mol. The summed E-state index contributed by atoms with van der Waals surface area (Å²) in [6.45, 7) is -0.370. The highest BCUT2D eigenvalue weighted by atomic mass is 19.1. The number of halogens is 1. The number of rotatable bonds is 5. The molecule has 0 spiro atoms. The van der Waals surface area contributed by atoms with Crippen molar-refractivity contribution in [2.24, 2.45) is 5.18 Å². The monoisotopic (exact) mass is 230 g/mol. The summed E-state index contributed by atoms with van der Waals surface area (Å²) in [6, 6.07) is 0. The standard InChI is InChI=1S/C8H11FN4O3/c9-3-1-2-4-13-6(10)5(12-16)7(14)11-8(13)15/h1-4,10H2,(H,11,14,15). The molecule has 0 aromatic carbocycles. The number of anilines is 1. The summed E-state index contributed by atoms with van der Waals surface area (Å²) < 4.78 is 12.9. The number of nitrogen functional groups attached to an aromatic ring is 1. The van der Waals surface area contributed by atoms with Crippen LogP contribution >= 0.6 is 0 Å². The van der Waals surface area contributed by atoms with Crippen LogP contribution in [0.3, 0.4) is 0 Å². The molecule has 0 unspecified atom stereocenters. The van der Waals surface area contributed by atoms with E-state index in [1.807, 2.05) is 4.98 Å². The van der Waals surface area contributed by atoms with Gasteiger partial charge in [0.25, 0.3) is 5.56 Å². The first-order chi connectivity index (χ1) is 7.61. The Morgan fingerprint density at radius 2 is 2.06 bits per heavy atom. The normalized spacial score (nSPS) is 10.3. The van der Waals surface area contributed by atoms with Crippen LogP contribution in [0.4, 0.5) is 15.9 Å². The van der Waals surface area contributed by atoms with Gasteiger partial charge < -0.3 is 5.73 Å². The van der Waals surface area contributed by atoms with Crippen LogP contribution in [0.2, 0.25) is 0 Å². The van der Waals surface area contributed by atoms with Crippen molar-refractivity contribution in [3.63, 3.8) is 0 Å². The van der Waals surface area contributed by atoms with Crippen LogP contribution < -0.4 is 17.0 Å². The molecule has 0 saturated heterocycles. The van der Waals surface area contributed by atoms with Gasteiger partial charge in [0.15, 0.2) is 0 Å². The van der Waals surface area contributed by atoms with Crippen molar-refractivity contribution in [3.05, 3.63) is 25.7 Å². The van der Waals surface area contributed by atoms with E-state index in [1.54, 1.807) is 0 Å². The Morgan fingerprint density at radius 3 is 2.62 bits per heavy atom. The summed E-state index contributed by atoms with van der Waals surface area (Å²) in [5.74, 6) is -0.289. The summed E-state index contributed by atoms with van der Waals surface area (Å²) in [6.07, 6.45) is 0.653. The lowest BCUT2D eigenvalue weighted by atomic mass is 10.3. The van der Waals surface area contributed by atoms with Crippen LogP contribution in [0.1, 0.15) is 12.8 Å². The van der Waals surface area contributed by atoms with Crippen LogP contribution in [-0.4, -0.2) is 16.2 Å². The molecule has 1 aromatic heterocycles. The molecule has 7 nitrogen and oxygen atoms in total. The molecule has 0 saturated carbocycles. The van der Waals surface area contributed by atoms with Gasteiger partial charge in [-0.15, -0.1) is 4.91 Å². The van der Waals surface area contributed by atoms with Crippen molar-refractivity contribution in [2.75, 3.05) is 12.4 Å². The van der Waals surface area contributed by atoms with Crippen molar-refractivity contribution in [3.8, 4) is 0 Å². The highest BCUT2D eigenvalue weighted by Gasteiger charge is 2.12. The Morgan fingerprint density at radius 1 is 1.38 bits per heavy atom. The lowest BCUT2D eigenvalue weighted by Gasteiger charge is -2.08. The van der Waals surface area contributed by atoms with Crippen LogP contribution in [0, 0.1) is 4.91 Å². The molecule has 0 aliphatic carbocycles. The Balaban J connectivity index is 3.13. The van der Waals surface area contributed by atoms with Gasteiger partial charge >= 0.3 is 5.69 Å². The Bertz CT molecular complexity index is 493. The summed E-state index contributed by atoms with van der Waals surface area (Å²) in [7, 11) is 0. The van der Waals surface area contributed by atoms with Gasteiger partial charge in [-0.2, -0.15) is 0 Å². The van der Waals surface area contributed by atoms with Gasteiger partial charge in [0.05, 0.1) is 6.67 Å². The third kappa shape index (κ3) is 2.33. The van der Waals surface area contributed by atoms with Crippen molar-refractivity contribution >= 4 is 11.5 Å². The molecule has 0 atom stereocenters. The Kier molecular flexibility index (Phi) is 3.92. The highest BCUT2D eigenvalue weighted by Crippen LogP contribution is 2.13. The van der Waals surface area contributed by atoms with Crippen molar-refractivity contribution in [1.82, 2.24) is 9.55 Å². The number of unbranched alkanes of at least 4 members (excludes halogenated alkanes) is 1. The molecule has 0 aliphatic rings. The van der Waals surface area contributed by atoms with Gasteiger partial charge in [-0.25, -0.2) is 4.79 Å². The molecular weight excluding hydrogens is 219 g/mol. The number of nitrogens with one attached hydrogen (secondary N) is 1. The number of nitroso groups, excluding NO2 is 1. The number of nitrogens with two attached hydrogens (primary N) is 1. The second kappa shape index (κ2) is 5.19. The van der Waals surface area contributed by atoms with Crippen LogP contribution in [-0.2, 0) is 6.54 Å². The van der Waals surface area contributed by atoms with E-state index >= 15 is 0 Å². The zero-order valence-corrected chi connectivity index (χ0v) is 8.40. The summed E-state index contributed by atoms with van der Waals surface area (Å²) >= 11 is 0. The SMILES string of the molecule is Nc1c(N=O)c(=O)[nH]c(=O)n1CCCCF. The fourth-order valence-electron chi connectivity index (χ4n) is 1.25. The van der Waals surface area contributed by atoms with E-state index in [4.69, 9.17) is 5.73 Å². The lowest BCUT2D eigenvalue weighted by Crippen LogP contribution is -2.32. The fraction of sp³-hybridized carbons (Fsp3) is 0.500. The minimum absolute atomic E-state index is 0.133. The first-order valence-corrected chi connectivity index (χ1v) is 4.63. The molecule has 1 rings (SSSR count). The van der Waals surface area contributed by atoms with Crippen LogP contribution in [0.25, 0.3) is 0 Å². The van der Waals surface area contributed by atoms with Gasteiger partial charge in [-0.3, -0.25) is 18.7 Å². The van der Waals surface area contributed by atoms with Crippen LogP contribution in [0.5, 0.6) is 0 Å². The molecule has 1 aromatic rings. The molecule has 0 fully saturated rings. The maximum atomic E-state index is 11.9. The molecule has 0 bridgehead atoms. The summed E-state index contributed by atoms with van der Waals surface area (Å²) in [5.41, 5.74) is 3.26.